The van der Waals surface area contributed by atoms with E-state index in [2.05, 4.69) is 10.3 Å². The lowest BCUT2D eigenvalue weighted by Gasteiger charge is -2.22. The fourth-order valence-corrected chi connectivity index (χ4v) is 3.41. The molecule has 0 fully saturated rings. The molecule has 0 saturated carbocycles. The van der Waals surface area contributed by atoms with Crippen LogP contribution in [-0.2, 0) is 14.4 Å². The molecule has 1 aliphatic heterocycles. The smallest absolute Gasteiger partial charge is 0.415 e. The number of carbonyl (C=O) groups excluding carboxylic acids is 2. The first-order valence-corrected chi connectivity index (χ1v) is 11.4. The van der Waals surface area contributed by atoms with Crippen molar-refractivity contribution in [3.8, 4) is 17.2 Å². The number of hydrogen-bond donors (Lipinski definition) is 4. The molecule has 196 valence electrons. The summed E-state index contributed by atoms with van der Waals surface area (Å²) in [5.41, 5.74) is 6.40. The summed E-state index contributed by atoms with van der Waals surface area (Å²) in [6.45, 7) is 1.83. The van der Waals surface area contributed by atoms with Gasteiger partial charge >= 0.3 is 18.0 Å². The molecule has 13 heteroatoms. The van der Waals surface area contributed by atoms with Crippen LogP contribution in [0.25, 0.3) is 22.6 Å². The SMILES string of the molecule is CCN(CC[C@H](NC(=O)CC[C@H](N)C(=O)O)C(=O)O)C(=O)Oc1ccc2nc3ccc(=O)cc-3oc2c1. The van der Waals surface area contributed by atoms with Gasteiger partial charge in [-0.2, -0.15) is 0 Å². The van der Waals surface area contributed by atoms with Crippen molar-refractivity contribution in [1.29, 1.82) is 0 Å². The Labute approximate surface area is 210 Å². The molecule has 3 rings (SSSR count). The number of aliphatic carboxylic acids is 2. The Balaban J connectivity index is 1.62. The van der Waals surface area contributed by atoms with E-state index in [1.165, 1.54) is 29.2 Å². The maximum absolute atomic E-state index is 12.7. The van der Waals surface area contributed by atoms with E-state index in [-0.39, 0.29) is 49.3 Å². The first-order chi connectivity index (χ1) is 17.6. The van der Waals surface area contributed by atoms with Crippen molar-refractivity contribution in [2.75, 3.05) is 13.1 Å². The Kier molecular flexibility index (Phi) is 8.74. The lowest BCUT2D eigenvalue weighted by atomic mass is 10.1. The maximum Gasteiger partial charge on any atom is 0.415 e. The van der Waals surface area contributed by atoms with Crippen LogP contribution < -0.4 is 21.2 Å². The van der Waals surface area contributed by atoms with Gasteiger partial charge in [0.2, 0.25) is 5.91 Å². The summed E-state index contributed by atoms with van der Waals surface area (Å²) in [6, 6.07) is 6.25. The zero-order valence-corrected chi connectivity index (χ0v) is 19.9. The molecule has 0 saturated heterocycles. The maximum atomic E-state index is 12.7. The van der Waals surface area contributed by atoms with Crippen molar-refractivity contribution in [1.82, 2.24) is 15.2 Å². The molecule has 0 radical (unpaired) electrons. The van der Waals surface area contributed by atoms with Crippen LogP contribution in [0.15, 0.2) is 45.6 Å². The molecule has 1 aromatic rings. The third kappa shape index (κ3) is 7.24. The van der Waals surface area contributed by atoms with Gasteiger partial charge in [-0.05, 0) is 44.0 Å². The van der Waals surface area contributed by atoms with E-state index in [1.807, 2.05) is 0 Å². The second-order valence-corrected chi connectivity index (χ2v) is 8.15. The van der Waals surface area contributed by atoms with Gasteiger partial charge in [0, 0.05) is 31.6 Å². The topological polar surface area (TPSA) is 202 Å². The highest BCUT2D eigenvalue weighted by Crippen LogP contribution is 2.26. The fraction of sp³-hybridized carbons (Fsp3) is 0.333. The number of rotatable bonds is 11. The van der Waals surface area contributed by atoms with E-state index < -0.39 is 36.0 Å². The first-order valence-electron chi connectivity index (χ1n) is 11.4. The molecule has 2 amide bonds. The number of fused-ring (bicyclic) bond motifs is 2. The lowest BCUT2D eigenvalue weighted by molar-refractivity contribution is -0.142. The number of nitrogens with zero attached hydrogens (tertiary/aromatic N) is 2. The number of nitrogens with one attached hydrogen (secondary N) is 1. The Hall–Kier alpha value is -4.52. The van der Waals surface area contributed by atoms with Gasteiger partial charge in [-0.3, -0.25) is 14.4 Å². The molecule has 1 heterocycles. The van der Waals surface area contributed by atoms with Gasteiger partial charge in [-0.1, -0.05) is 0 Å². The van der Waals surface area contributed by atoms with Crippen LogP contribution in [0.5, 0.6) is 5.75 Å². The van der Waals surface area contributed by atoms with Crippen LogP contribution >= 0.6 is 0 Å². The van der Waals surface area contributed by atoms with E-state index in [4.69, 9.17) is 20.0 Å². The van der Waals surface area contributed by atoms with E-state index in [1.54, 1.807) is 19.1 Å². The Morgan fingerprint density at radius 2 is 1.86 bits per heavy atom. The van der Waals surface area contributed by atoms with Gasteiger partial charge in [0.1, 0.15) is 29.0 Å². The number of aromatic nitrogens is 1. The molecule has 0 bridgehead atoms. The van der Waals surface area contributed by atoms with Gasteiger partial charge in [0.15, 0.2) is 16.8 Å². The molecule has 0 unspecified atom stereocenters. The summed E-state index contributed by atoms with van der Waals surface area (Å²) >= 11 is 0. The second kappa shape index (κ2) is 11.9. The van der Waals surface area contributed by atoms with Crippen molar-refractivity contribution in [3.63, 3.8) is 0 Å². The largest absolute Gasteiger partial charge is 0.480 e. The number of ether oxygens (including phenoxy) is 1. The number of benzene rings is 2. The Morgan fingerprint density at radius 3 is 2.54 bits per heavy atom. The highest BCUT2D eigenvalue weighted by molar-refractivity contribution is 5.84. The van der Waals surface area contributed by atoms with Crippen LogP contribution in [0, 0.1) is 0 Å². The molecule has 1 aromatic carbocycles. The molecule has 13 nitrogen and oxygen atoms in total. The summed E-state index contributed by atoms with van der Waals surface area (Å²) in [4.78, 5) is 64.3. The van der Waals surface area contributed by atoms with Crippen molar-refractivity contribution in [2.45, 2.75) is 38.3 Å². The van der Waals surface area contributed by atoms with E-state index in [9.17, 15) is 29.1 Å². The lowest BCUT2D eigenvalue weighted by Crippen LogP contribution is -2.44. The van der Waals surface area contributed by atoms with Crippen molar-refractivity contribution < 1.29 is 38.5 Å². The molecule has 2 aliphatic rings. The Morgan fingerprint density at radius 1 is 1.11 bits per heavy atom. The number of hydrogen-bond acceptors (Lipinski definition) is 9. The standard InChI is InChI=1S/C24H26N4O9/c1-2-28(10-9-18(23(33)34)27-21(30)8-5-15(25)22(31)32)24(35)36-14-4-7-17-20(12-14)37-19-11-13(29)3-6-16(19)26-17/h3-4,6-7,11-12,15,18H,2,5,8-10,25H2,1H3,(H,27,30)(H,31,32)(H,33,34)/t15-,18-/m0/s1. The minimum atomic E-state index is -1.31. The van der Waals surface area contributed by atoms with Crippen LogP contribution in [0.3, 0.4) is 0 Å². The summed E-state index contributed by atoms with van der Waals surface area (Å²) in [7, 11) is 0. The average Bonchev–Trinajstić information content (AvgIpc) is 2.85. The van der Waals surface area contributed by atoms with Gasteiger partial charge in [-0.25, -0.2) is 14.6 Å². The number of nitrogens with two attached hydrogens (primary N) is 1. The zero-order valence-electron chi connectivity index (χ0n) is 19.9. The van der Waals surface area contributed by atoms with Crippen molar-refractivity contribution >= 4 is 35.0 Å². The van der Waals surface area contributed by atoms with Gasteiger partial charge < -0.3 is 35.3 Å². The molecule has 1 aliphatic carbocycles. The molecular weight excluding hydrogens is 488 g/mol. The highest BCUT2D eigenvalue weighted by atomic mass is 16.6. The number of carboxylic acids is 2. The normalized spacial score (nSPS) is 12.6. The molecule has 0 aromatic heterocycles. The van der Waals surface area contributed by atoms with Crippen LogP contribution in [0.4, 0.5) is 4.79 Å². The van der Waals surface area contributed by atoms with Crippen molar-refractivity contribution in [2.24, 2.45) is 5.73 Å². The second-order valence-electron chi connectivity index (χ2n) is 8.15. The predicted octanol–water partition coefficient (Wildman–Crippen LogP) is 1.27. The Bertz CT molecular complexity index is 1340. The van der Waals surface area contributed by atoms with E-state index in [0.29, 0.717) is 16.8 Å². The molecule has 2 atom stereocenters. The van der Waals surface area contributed by atoms with E-state index in [0.717, 1.165) is 0 Å². The van der Waals surface area contributed by atoms with Crippen LogP contribution in [-0.4, -0.2) is 69.2 Å². The minimum Gasteiger partial charge on any atom is -0.480 e. The predicted molar refractivity (Wildman–Crippen MR) is 129 cm³/mol. The zero-order chi connectivity index (χ0) is 27.1. The van der Waals surface area contributed by atoms with Gasteiger partial charge in [0.05, 0.1) is 0 Å². The fourth-order valence-electron chi connectivity index (χ4n) is 3.41. The number of amides is 2. The molecular formula is C24H26N4O9. The third-order valence-electron chi connectivity index (χ3n) is 5.49. The minimum absolute atomic E-state index is 0.0440. The summed E-state index contributed by atoms with van der Waals surface area (Å²) in [6.07, 6.45) is -1.28. The van der Waals surface area contributed by atoms with Gasteiger partial charge in [-0.15, -0.1) is 0 Å². The van der Waals surface area contributed by atoms with Crippen LogP contribution in [0.2, 0.25) is 0 Å². The monoisotopic (exact) mass is 514 g/mol. The van der Waals surface area contributed by atoms with E-state index >= 15 is 0 Å². The first kappa shape index (κ1) is 27.1. The highest BCUT2D eigenvalue weighted by Gasteiger charge is 2.24. The van der Waals surface area contributed by atoms with Crippen molar-refractivity contribution in [3.05, 3.63) is 46.6 Å². The molecule has 0 spiro atoms. The summed E-state index contributed by atoms with van der Waals surface area (Å²) in [5, 5.41) is 20.5. The third-order valence-corrected chi connectivity index (χ3v) is 5.49. The molecule has 5 N–H and O–H groups in total. The van der Waals surface area contributed by atoms with Crippen LogP contribution in [0.1, 0.15) is 26.2 Å². The molecule has 37 heavy (non-hydrogen) atoms. The summed E-state index contributed by atoms with van der Waals surface area (Å²) < 4.78 is 11.1. The average molecular weight is 514 g/mol. The van der Waals surface area contributed by atoms with Gasteiger partial charge in [0.25, 0.3) is 0 Å². The number of carbonyl (C=O) groups is 4. The number of carboxylic acid groups (broad SMARTS) is 2. The quantitative estimate of drug-likeness (QED) is 0.268. The summed E-state index contributed by atoms with van der Waals surface area (Å²) in [5.74, 6) is -2.80.